The van der Waals surface area contributed by atoms with Crippen LogP contribution in [-0.4, -0.2) is 101 Å². The number of aromatic nitrogens is 3. The first-order chi connectivity index (χ1) is 33.9. The molecule has 0 bridgehead atoms. The van der Waals surface area contributed by atoms with E-state index in [0.29, 0.717) is 22.4 Å². The molecule has 6 aromatic rings. The van der Waals surface area contributed by atoms with Crippen molar-refractivity contribution in [3.8, 4) is 51.8 Å². The minimum atomic E-state index is -4.53. The average Bonchev–Trinajstić information content (AvgIpc) is 3.34. The van der Waals surface area contributed by atoms with E-state index in [2.05, 4.69) is 29.3 Å². The second-order valence-corrected chi connectivity index (χ2v) is 17.3. The fraction of sp³-hybridized carbons (Fsp3) is 0.239. The van der Waals surface area contributed by atoms with Crippen molar-refractivity contribution in [2.75, 3.05) is 32.2 Å². The average molecular weight is 1000 g/mol. The second-order valence-electron chi connectivity index (χ2n) is 15.7. The maximum absolute atomic E-state index is 14.1. The third-order valence-electron chi connectivity index (χ3n) is 9.57. The lowest BCUT2D eigenvalue weighted by Crippen LogP contribution is -2.33. The number of para-hydroxylation sites is 2. The zero-order valence-electron chi connectivity index (χ0n) is 38.5. The van der Waals surface area contributed by atoms with Gasteiger partial charge < -0.3 is 37.9 Å². The first-order valence-electron chi connectivity index (χ1n) is 20.9. The largest absolute Gasteiger partial charge is 0.514 e. The molecule has 2 heterocycles. The number of ether oxygens (including phenoxy) is 8. The Bertz CT molecular complexity index is 2810. The van der Waals surface area contributed by atoms with Crippen LogP contribution in [0.3, 0.4) is 0 Å². The first kappa shape index (κ1) is 52.6. The van der Waals surface area contributed by atoms with Gasteiger partial charge in [-0.15, -0.1) is 0 Å². The van der Waals surface area contributed by atoms with Gasteiger partial charge in [-0.1, -0.05) is 63.2 Å². The van der Waals surface area contributed by atoms with Crippen molar-refractivity contribution in [3.05, 3.63) is 132 Å². The van der Waals surface area contributed by atoms with Crippen molar-refractivity contribution in [2.24, 2.45) is 0 Å². The molecule has 25 heteroatoms. The molecule has 1 unspecified atom stereocenters. The topological polar surface area (TPSA) is 299 Å². The molecule has 71 heavy (non-hydrogen) atoms. The summed E-state index contributed by atoms with van der Waals surface area (Å²) < 4.78 is 75.6. The van der Waals surface area contributed by atoms with Crippen molar-refractivity contribution in [2.45, 2.75) is 50.5 Å². The summed E-state index contributed by atoms with van der Waals surface area (Å²) in [5.41, 5.74) is 1.74. The zero-order valence-corrected chi connectivity index (χ0v) is 39.3. The predicted octanol–water partition coefficient (Wildman–Crippen LogP) is 7.65. The summed E-state index contributed by atoms with van der Waals surface area (Å²) in [6, 6.07) is 27.2. The quantitative estimate of drug-likeness (QED) is 0.0248. The Labute approximate surface area is 405 Å². The van der Waals surface area contributed by atoms with Crippen LogP contribution in [0.2, 0.25) is 0 Å². The highest BCUT2D eigenvalue weighted by molar-refractivity contribution is 7.92. The lowest BCUT2D eigenvalue weighted by Gasteiger charge is -2.21. The van der Waals surface area contributed by atoms with Gasteiger partial charge in [0.2, 0.25) is 5.75 Å². The highest BCUT2D eigenvalue weighted by Gasteiger charge is 2.29. The van der Waals surface area contributed by atoms with Crippen molar-refractivity contribution < 1.29 is 86.4 Å². The van der Waals surface area contributed by atoms with Gasteiger partial charge >= 0.3 is 12.3 Å². The van der Waals surface area contributed by atoms with Crippen LogP contribution in [0.4, 0.5) is 15.4 Å². The van der Waals surface area contributed by atoms with Gasteiger partial charge in [0.25, 0.3) is 15.9 Å². The van der Waals surface area contributed by atoms with Crippen LogP contribution >= 0.6 is 0 Å². The molecule has 0 fully saturated rings. The molecule has 24 nitrogen and oxygen atoms in total. The number of hydrogen-bond acceptors (Lipinski definition) is 23. The molecule has 0 saturated heterocycles. The van der Waals surface area contributed by atoms with E-state index in [0.717, 1.165) is 5.56 Å². The summed E-state index contributed by atoms with van der Waals surface area (Å²) >= 11 is 0. The molecule has 0 saturated carbocycles. The number of carbonyl (C=O) groups is 2. The molecule has 0 aliphatic rings. The van der Waals surface area contributed by atoms with E-state index < -0.39 is 69.9 Å². The zero-order chi connectivity index (χ0) is 51.1. The standard InChI is InChI=1S/C46H48N6O18S/c1-46(2,3)32-16-23-39(47-24-32)71(59,60)50-42-40(70-38-9-7-6-8-37(38)62-5)43(49-41(48-42)31-14-21-33(61-4)22-15-31)63-27-36(69-45(54)68-35-19-12-30(13-20-35)26-66-52(57)58)28-64-44(53)67-34-17-10-29(11-18-34)25-65-51(55)56/h6-24,36,55-58H,25-28H2,1-5H3,(H,48,49,50). The maximum atomic E-state index is 14.1. The molecule has 4 aromatic carbocycles. The van der Waals surface area contributed by atoms with Crippen LogP contribution in [-0.2, 0) is 47.8 Å². The molecular formula is C46H48N6O18S. The number of rotatable bonds is 22. The number of sulfonamides is 1. The van der Waals surface area contributed by atoms with Crippen LogP contribution in [0.25, 0.3) is 11.4 Å². The fourth-order valence-electron chi connectivity index (χ4n) is 5.94. The summed E-state index contributed by atoms with van der Waals surface area (Å²) in [7, 11) is -1.66. The summed E-state index contributed by atoms with van der Waals surface area (Å²) in [6.07, 6.45) is -2.62. The Morgan fingerprint density at radius 1 is 0.690 bits per heavy atom. The van der Waals surface area contributed by atoms with Gasteiger partial charge in [-0.2, -0.15) is 13.4 Å². The van der Waals surface area contributed by atoms with Crippen molar-refractivity contribution in [1.29, 1.82) is 0 Å². The Morgan fingerprint density at radius 2 is 1.27 bits per heavy atom. The molecule has 2 aromatic heterocycles. The van der Waals surface area contributed by atoms with Crippen LogP contribution in [0, 0.1) is 0 Å². The molecule has 0 aliphatic carbocycles. The first-order valence-corrected chi connectivity index (χ1v) is 22.4. The molecule has 6 rings (SSSR count). The van der Waals surface area contributed by atoms with E-state index in [1.165, 1.54) is 81.1 Å². The van der Waals surface area contributed by atoms with Crippen LogP contribution < -0.4 is 33.1 Å². The van der Waals surface area contributed by atoms with Crippen LogP contribution in [0.15, 0.2) is 120 Å². The van der Waals surface area contributed by atoms with E-state index in [4.69, 9.17) is 58.7 Å². The monoisotopic (exact) mass is 1000 g/mol. The van der Waals surface area contributed by atoms with Crippen molar-refractivity contribution in [3.63, 3.8) is 0 Å². The third kappa shape index (κ3) is 15.6. The molecule has 0 radical (unpaired) electrons. The number of nitrogens with zero attached hydrogens (tertiary/aromatic N) is 5. The minimum absolute atomic E-state index is 0.0109. The minimum Gasteiger partial charge on any atom is -0.497 e. The highest BCUT2D eigenvalue weighted by atomic mass is 32.2. The lowest BCUT2D eigenvalue weighted by atomic mass is 9.88. The molecule has 0 spiro atoms. The Morgan fingerprint density at radius 3 is 1.80 bits per heavy atom. The van der Waals surface area contributed by atoms with E-state index in [1.54, 1.807) is 48.5 Å². The van der Waals surface area contributed by atoms with Gasteiger partial charge in [0.05, 0.1) is 38.2 Å². The van der Waals surface area contributed by atoms with Gasteiger partial charge in [0.1, 0.15) is 30.5 Å². The van der Waals surface area contributed by atoms with E-state index >= 15 is 0 Å². The van der Waals surface area contributed by atoms with Gasteiger partial charge in [-0.05, 0) is 88.8 Å². The normalized spacial score (nSPS) is 11.9. The summed E-state index contributed by atoms with van der Waals surface area (Å²) in [6.45, 7) is 3.97. The summed E-state index contributed by atoms with van der Waals surface area (Å²) in [5, 5.41) is 34.1. The number of anilines is 1. The fourth-order valence-corrected chi connectivity index (χ4v) is 6.87. The van der Waals surface area contributed by atoms with Gasteiger partial charge in [-0.25, -0.2) is 29.2 Å². The molecule has 1 atom stereocenters. The third-order valence-corrected chi connectivity index (χ3v) is 10.8. The Kier molecular flexibility index (Phi) is 18.0. The summed E-state index contributed by atoms with van der Waals surface area (Å²) in [4.78, 5) is 48.9. The SMILES string of the molecule is COc1ccc(-c2nc(NS(=O)(=O)c3ccc(C(C)(C)C)cn3)c(Oc3ccccc3OC)c(OCC(COC(=O)Oc3ccc(CON(O)O)cc3)OC(=O)Oc3ccc(CON(O)O)cc3)n2)cc1. The smallest absolute Gasteiger partial charge is 0.497 e. The maximum Gasteiger partial charge on any atom is 0.514 e. The number of nitrogens with one attached hydrogen (secondary N) is 1. The Balaban J connectivity index is 1.35. The molecule has 0 amide bonds. The molecule has 5 N–H and O–H groups in total. The van der Waals surface area contributed by atoms with Crippen LogP contribution in [0.5, 0.6) is 40.4 Å². The number of carbonyl (C=O) groups excluding carboxylic acids is 2. The van der Waals surface area contributed by atoms with Crippen molar-refractivity contribution >= 4 is 28.2 Å². The van der Waals surface area contributed by atoms with E-state index in [1.807, 2.05) is 20.8 Å². The predicted molar refractivity (Wildman–Crippen MR) is 242 cm³/mol. The summed E-state index contributed by atoms with van der Waals surface area (Å²) in [5.74, 6) is -0.531. The molecule has 0 aliphatic heterocycles. The van der Waals surface area contributed by atoms with Gasteiger partial charge in [0.15, 0.2) is 34.3 Å². The molecule has 376 valence electrons. The number of pyridine rings is 1. The number of hydrogen-bond donors (Lipinski definition) is 5. The van der Waals surface area contributed by atoms with E-state index in [-0.39, 0.29) is 52.5 Å². The van der Waals surface area contributed by atoms with E-state index in [9.17, 15) is 18.0 Å². The number of benzene rings is 4. The lowest BCUT2D eigenvalue weighted by molar-refractivity contribution is -0.497. The number of methoxy groups -OCH3 is 2. The Hall–Kier alpha value is -7.72. The van der Waals surface area contributed by atoms with Gasteiger partial charge in [-0.3, -0.25) is 25.6 Å². The van der Waals surface area contributed by atoms with Crippen molar-refractivity contribution in [1.82, 2.24) is 25.7 Å². The van der Waals surface area contributed by atoms with Gasteiger partial charge in [0, 0.05) is 11.8 Å². The second kappa shape index (κ2) is 24.2. The van der Waals surface area contributed by atoms with Crippen LogP contribution in [0.1, 0.15) is 37.5 Å². The highest BCUT2D eigenvalue weighted by Crippen LogP contribution is 2.42. The molecular weight excluding hydrogens is 957 g/mol.